The molecule has 0 N–H and O–H groups in total. The standard InChI is InChI=1S/C20H19N3O/c24-20(12-22-13-21-17-7-3-4-8-19(17)22)23-11-14-9-10-18(23)16-6-2-1-5-15(14)16/h1-8,13-14,18H,9-12H2/t14-,18-/m0/s1. The van der Waals surface area contributed by atoms with Crippen LogP contribution >= 0.6 is 0 Å². The van der Waals surface area contributed by atoms with Crippen LogP contribution in [-0.2, 0) is 11.3 Å². The summed E-state index contributed by atoms with van der Waals surface area (Å²) in [5.74, 6) is 0.692. The quantitative estimate of drug-likeness (QED) is 0.725. The van der Waals surface area contributed by atoms with Gasteiger partial charge in [-0.05, 0) is 36.1 Å². The lowest BCUT2D eigenvalue weighted by Crippen LogP contribution is -2.46. The van der Waals surface area contributed by atoms with Crippen LogP contribution in [0.4, 0.5) is 0 Å². The Hall–Kier alpha value is -2.62. The number of carbonyl (C=O) groups is 1. The maximum atomic E-state index is 13.0. The zero-order valence-electron chi connectivity index (χ0n) is 13.4. The molecule has 0 radical (unpaired) electrons. The summed E-state index contributed by atoms with van der Waals surface area (Å²) in [6.45, 7) is 1.22. The van der Waals surface area contributed by atoms with Crippen molar-refractivity contribution in [3.8, 4) is 0 Å². The van der Waals surface area contributed by atoms with Gasteiger partial charge in [-0.1, -0.05) is 36.4 Å². The second kappa shape index (κ2) is 5.20. The number of imidazole rings is 1. The number of carbonyl (C=O) groups excluding carboxylic acids is 1. The number of benzene rings is 2. The van der Waals surface area contributed by atoms with E-state index in [2.05, 4.69) is 34.1 Å². The summed E-state index contributed by atoms with van der Waals surface area (Å²) < 4.78 is 1.96. The molecule has 3 heterocycles. The normalized spacial score (nSPS) is 21.9. The highest BCUT2D eigenvalue weighted by molar-refractivity contribution is 5.81. The van der Waals surface area contributed by atoms with Crippen LogP contribution in [0.1, 0.15) is 35.9 Å². The molecule has 3 aliphatic rings. The van der Waals surface area contributed by atoms with Crippen molar-refractivity contribution in [2.24, 2.45) is 0 Å². The maximum absolute atomic E-state index is 13.0. The third-order valence-electron chi connectivity index (χ3n) is 5.53. The van der Waals surface area contributed by atoms with E-state index in [-0.39, 0.29) is 11.9 Å². The first-order chi connectivity index (χ1) is 11.8. The summed E-state index contributed by atoms with van der Waals surface area (Å²) in [5, 5.41) is 0. The highest BCUT2D eigenvalue weighted by Gasteiger charge is 2.39. The van der Waals surface area contributed by atoms with Crippen molar-refractivity contribution in [2.45, 2.75) is 31.3 Å². The molecular weight excluding hydrogens is 298 g/mol. The Morgan fingerprint density at radius 2 is 1.83 bits per heavy atom. The fourth-order valence-corrected chi connectivity index (χ4v) is 4.38. The highest BCUT2D eigenvalue weighted by Crippen LogP contribution is 2.46. The average Bonchev–Trinajstić information content (AvgIpc) is 3.05. The largest absolute Gasteiger partial charge is 0.333 e. The molecule has 24 heavy (non-hydrogen) atoms. The smallest absolute Gasteiger partial charge is 0.243 e. The number of piperidine rings is 1. The van der Waals surface area contributed by atoms with E-state index in [1.165, 1.54) is 17.5 Å². The Morgan fingerprint density at radius 1 is 1.04 bits per heavy atom. The van der Waals surface area contributed by atoms with Crippen molar-refractivity contribution >= 4 is 16.9 Å². The van der Waals surface area contributed by atoms with E-state index in [1.54, 1.807) is 6.33 Å². The third-order valence-corrected chi connectivity index (χ3v) is 5.53. The SMILES string of the molecule is O=C(Cn1cnc2ccccc21)N1C[C@@H]2CC[C@H]1c1ccccc12. The van der Waals surface area contributed by atoms with Gasteiger partial charge in [0, 0.05) is 12.5 Å². The number of hydrogen-bond acceptors (Lipinski definition) is 2. The molecule has 3 aromatic rings. The lowest BCUT2D eigenvalue weighted by molar-refractivity contribution is -0.136. The van der Waals surface area contributed by atoms with Crippen molar-refractivity contribution in [2.75, 3.05) is 6.54 Å². The van der Waals surface area contributed by atoms with Gasteiger partial charge in [0.05, 0.1) is 23.4 Å². The van der Waals surface area contributed by atoms with Crippen molar-refractivity contribution in [1.82, 2.24) is 14.5 Å². The molecule has 1 aromatic heterocycles. The van der Waals surface area contributed by atoms with Crippen LogP contribution in [0.15, 0.2) is 54.9 Å². The molecule has 2 atom stereocenters. The number of amides is 1. The lowest BCUT2D eigenvalue weighted by Gasteiger charge is -2.46. The van der Waals surface area contributed by atoms with E-state index in [1.807, 2.05) is 28.8 Å². The van der Waals surface area contributed by atoms with Crippen LogP contribution in [0.3, 0.4) is 0 Å². The molecule has 1 aliphatic carbocycles. The third kappa shape index (κ3) is 1.99. The number of aromatic nitrogens is 2. The van der Waals surface area contributed by atoms with Gasteiger partial charge < -0.3 is 9.47 Å². The van der Waals surface area contributed by atoms with Gasteiger partial charge in [-0.25, -0.2) is 4.98 Å². The monoisotopic (exact) mass is 317 g/mol. The summed E-state index contributed by atoms with van der Waals surface area (Å²) in [6, 6.07) is 16.8. The molecule has 2 aliphatic heterocycles. The van der Waals surface area contributed by atoms with E-state index < -0.39 is 0 Å². The summed E-state index contributed by atoms with van der Waals surface area (Å²) in [4.78, 5) is 19.5. The number of rotatable bonds is 2. The van der Waals surface area contributed by atoms with E-state index in [0.717, 1.165) is 24.0 Å². The summed E-state index contributed by atoms with van der Waals surface area (Å²) in [6.07, 6.45) is 4.05. The summed E-state index contributed by atoms with van der Waals surface area (Å²) in [7, 11) is 0. The van der Waals surface area contributed by atoms with Gasteiger partial charge in [-0.15, -0.1) is 0 Å². The van der Waals surface area contributed by atoms with E-state index in [4.69, 9.17) is 0 Å². The Morgan fingerprint density at radius 3 is 2.75 bits per heavy atom. The first kappa shape index (κ1) is 13.8. The van der Waals surface area contributed by atoms with Crippen LogP contribution in [0.2, 0.25) is 0 Å². The van der Waals surface area contributed by atoms with Gasteiger partial charge in [-0.2, -0.15) is 0 Å². The second-order valence-corrected chi connectivity index (χ2v) is 6.83. The van der Waals surface area contributed by atoms with E-state index in [9.17, 15) is 4.79 Å². The van der Waals surface area contributed by atoms with Gasteiger partial charge in [0.25, 0.3) is 0 Å². The number of para-hydroxylation sites is 2. The molecule has 0 saturated carbocycles. The van der Waals surface area contributed by atoms with Crippen LogP contribution < -0.4 is 0 Å². The molecule has 4 nitrogen and oxygen atoms in total. The number of fused-ring (bicyclic) bond motifs is 3. The summed E-state index contributed by atoms with van der Waals surface area (Å²) in [5.41, 5.74) is 4.76. The van der Waals surface area contributed by atoms with Crippen LogP contribution in [0.25, 0.3) is 11.0 Å². The molecule has 1 fully saturated rings. The lowest BCUT2D eigenvalue weighted by atomic mass is 9.75. The minimum absolute atomic E-state index is 0.197. The number of hydrogen-bond donors (Lipinski definition) is 0. The molecule has 4 heteroatoms. The van der Waals surface area contributed by atoms with Gasteiger partial charge in [0.2, 0.25) is 5.91 Å². The van der Waals surface area contributed by atoms with Crippen molar-refractivity contribution in [3.05, 3.63) is 66.0 Å². The van der Waals surface area contributed by atoms with Crippen LogP contribution in [-0.4, -0.2) is 26.9 Å². The predicted molar refractivity (Wildman–Crippen MR) is 92.6 cm³/mol. The minimum Gasteiger partial charge on any atom is -0.333 e. The first-order valence-electron chi connectivity index (χ1n) is 8.59. The maximum Gasteiger partial charge on any atom is 0.243 e. The molecule has 1 amide bonds. The van der Waals surface area contributed by atoms with Crippen molar-refractivity contribution < 1.29 is 4.79 Å². The van der Waals surface area contributed by atoms with Gasteiger partial charge in [0.15, 0.2) is 0 Å². The van der Waals surface area contributed by atoms with Crippen LogP contribution in [0, 0.1) is 0 Å². The van der Waals surface area contributed by atoms with E-state index >= 15 is 0 Å². The highest BCUT2D eigenvalue weighted by atomic mass is 16.2. The molecule has 2 aromatic carbocycles. The zero-order chi connectivity index (χ0) is 16.1. The van der Waals surface area contributed by atoms with Gasteiger partial charge in [-0.3, -0.25) is 4.79 Å². The van der Waals surface area contributed by atoms with Crippen molar-refractivity contribution in [3.63, 3.8) is 0 Å². The Bertz CT molecular complexity index is 929. The molecule has 2 bridgehead atoms. The second-order valence-electron chi connectivity index (χ2n) is 6.83. The molecule has 6 rings (SSSR count). The van der Waals surface area contributed by atoms with Crippen molar-refractivity contribution in [1.29, 1.82) is 0 Å². The zero-order valence-corrected chi connectivity index (χ0v) is 13.4. The summed E-state index contributed by atoms with van der Waals surface area (Å²) >= 11 is 0. The van der Waals surface area contributed by atoms with Gasteiger partial charge >= 0.3 is 0 Å². The van der Waals surface area contributed by atoms with Gasteiger partial charge in [0.1, 0.15) is 6.54 Å². The fraction of sp³-hybridized carbons (Fsp3) is 0.300. The van der Waals surface area contributed by atoms with E-state index in [0.29, 0.717) is 12.5 Å². The predicted octanol–water partition coefficient (Wildman–Crippen LogP) is 3.50. The van der Waals surface area contributed by atoms with Crippen LogP contribution in [0.5, 0.6) is 0 Å². The molecular formula is C20H19N3O. The molecule has 0 unspecified atom stereocenters. The topological polar surface area (TPSA) is 38.1 Å². The average molecular weight is 317 g/mol. The minimum atomic E-state index is 0.197. The Labute approximate surface area is 140 Å². The fourth-order valence-electron chi connectivity index (χ4n) is 4.38. The first-order valence-corrected chi connectivity index (χ1v) is 8.59. The molecule has 1 saturated heterocycles. The Balaban J connectivity index is 1.44. The Kier molecular flexibility index (Phi) is 2.98. The molecule has 120 valence electrons. The molecule has 0 spiro atoms. The number of nitrogens with zero attached hydrogens (tertiary/aromatic N) is 3.